The second-order valence-corrected chi connectivity index (χ2v) is 5.83. The van der Waals surface area contributed by atoms with Crippen molar-refractivity contribution in [2.45, 2.75) is 13.8 Å². The van der Waals surface area contributed by atoms with Crippen molar-refractivity contribution in [3.05, 3.63) is 58.1 Å². The number of anilines is 2. The normalized spacial score (nSPS) is 10.1. The van der Waals surface area contributed by atoms with Gasteiger partial charge in [0.25, 0.3) is 0 Å². The molecule has 0 saturated carbocycles. The number of aryl methyl sites for hydroxylation is 2. The summed E-state index contributed by atoms with van der Waals surface area (Å²) in [6.07, 6.45) is 0. The molecule has 0 spiro atoms. The number of esters is 1. The van der Waals surface area contributed by atoms with Gasteiger partial charge in [-0.1, -0.05) is 23.7 Å². The number of nitrogens with one attached hydrogen (secondary N) is 2. The lowest BCUT2D eigenvalue weighted by Gasteiger charge is -2.12. The van der Waals surface area contributed by atoms with Crippen LogP contribution in [0.5, 0.6) is 0 Å². The van der Waals surface area contributed by atoms with Crippen LogP contribution >= 0.6 is 11.6 Å². The summed E-state index contributed by atoms with van der Waals surface area (Å²) in [7, 11) is 1.26. The Kier molecular flexibility index (Phi) is 5.77. The number of methoxy groups -OCH3 is 1. The monoisotopic (exact) mass is 360 g/mol. The Morgan fingerprint density at radius 3 is 2.32 bits per heavy atom. The maximum absolute atomic E-state index is 12.1. The van der Waals surface area contributed by atoms with E-state index in [2.05, 4.69) is 15.4 Å². The van der Waals surface area contributed by atoms with Gasteiger partial charge >= 0.3 is 17.8 Å². The van der Waals surface area contributed by atoms with Crippen LogP contribution in [0, 0.1) is 13.8 Å². The number of carbonyl (C=O) groups is 3. The molecule has 0 aliphatic rings. The molecule has 0 aliphatic carbocycles. The van der Waals surface area contributed by atoms with Crippen LogP contribution in [0.25, 0.3) is 0 Å². The minimum atomic E-state index is -0.877. The average molecular weight is 361 g/mol. The summed E-state index contributed by atoms with van der Waals surface area (Å²) in [6, 6.07) is 9.63. The average Bonchev–Trinajstić information content (AvgIpc) is 2.57. The van der Waals surface area contributed by atoms with E-state index in [1.807, 2.05) is 13.0 Å². The minimum absolute atomic E-state index is 0.262. The van der Waals surface area contributed by atoms with Gasteiger partial charge in [0.2, 0.25) is 0 Å². The Balaban J connectivity index is 2.11. The Morgan fingerprint density at radius 1 is 1.00 bits per heavy atom. The Labute approximate surface area is 150 Å². The maximum Gasteiger partial charge on any atom is 0.337 e. The van der Waals surface area contributed by atoms with Gasteiger partial charge in [-0.2, -0.15) is 0 Å². The standard InChI is InChI=1S/C18H17ClN2O4/c1-10-7-11(2)15(14(19)8-10)21-17(23)16(22)20-13-6-4-5-12(9-13)18(24)25-3/h4-9H,1-3H3,(H,20,22)(H,21,23). The Morgan fingerprint density at radius 2 is 1.68 bits per heavy atom. The van der Waals surface area contributed by atoms with Crippen molar-refractivity contribution in [3.8, 4) is 0 Å². The van der Waals surface area contributed by atoms with E-state index in [9.17, 15) is 14.4 Å². The fraction of sp³-hybridized carbons (Fsp3) is 0.167. The molecule has 0 radical (unpaired) electrons. The molecule has 25 heavy (non-hydrogen) atoms. The highest BCUT2D eigenvalue weighted by atomic mass is 35.5. The van der Waals surface area contributed by atoms with Crippen LogP contribution < -0.4 is 10.6 Å². The van der Waals surface area contributed by atoms with Gasteiger partial charge in [-0.15, -0.1) is 0 Å². The molecule has 0 unspecified atom stereocenters. The van der Waals surface area contributed by atoms with Crippen molar-refractivity contribution < 1.29 is 19.1 Å². The van der Waals surface area contributed by atoms with Crippen LogP contribution in [0.1, 0.15) is 21.5 Å². The molecule has 2 aromatic rings. The topological polar surface area (TPSA) is 84.5 Å². The zero-order chi connectivity index (χ0) is 18.6. The van der Waals surface area contributed by atoms with Crippen molar-refractivity contribution in [2.75, 3.05) is 17.7 Å². The molecule has 2 aromatic carbocycles. The van der Waals surface area contributed by atoms with Crippen molar-refractivity contribution in [1.29, 1.82) is 0 Å². The summed E-state index contributed by atoms with van der Waals surface area (Å²) < 4.78 is 4.61. The molecule has 6 nitrogen and oxygen atoms in total. The summed E-state index contributed by atoms with van der Waals surface area (Å²) in [5.74, 6) is -2.28. The third-order valence-electron chi connectivity index (χ3n) is 3.42. The van der Waals surface area contributed by atoms with Gasteiger partial charge < -0.3 is 15.4 Å². The summed E-state index contributed by atoms with van der Waals surface area (Å²) >= 11 is 6.12. The Bertz CT molecular complexity index is 826. The zero-order valence-electron chi connectivity index (χ0n) is 14.0. The first-order valence-corrected chi connectivity index (χ1v) is 7.77. The molecule has 0 bridgehead atoms. The minimum Gasteiger partial charge on any atom is -0.465 e. The number of hydrogen-bond acceptors (Lipinski definition) is 4. The Hall–Kier alpha value is -2.86. The van der Waals surface area contributed by atoms with E-state index in [-0.39, 0.29) is 5.56 Å². The van der Waals surface area contributed by atoms with Crippen LogP contribution in [0.4, 0.5) is 11.4 Å². The van der Waals surface area contributed by atoms with Gasteiger partial charge in [0.1, 0.15) is 0 Å². The van der Waals surface area contributed by atoms with Crippen molar-refractivity contribution in [1.82, 2.24) is 0 Å². The predicted octanol–water partition coefficient (Wildman–Crippen LogP) is 3.32. The number of carbonyl (C=O) groups excluding carboxylic acids is 3. The number of benzene rings is 2. The van der Waals surface area contributed by atoms with Gasteiger partial charge in [0.05, 0.1) is 23.4 Å². The van der Waals surface area contributed by atoms with Crippen LogP contribution in [-0.2, 0) is 14.3 Å². The summed E-state index contributed by atoms with van der Waals surface area (Å²) in [5.41, 5.74) is 2.65. The highest BCUT2D eigenvalue weighted by Crippen LogP contribution is 2.27. The largest absolute Gasteiger partial charge is 0.465 e. The zero-order valence-corrected chi connectivity index (χ0v) is 14.7. The molecule has 0 atom stereocenters. The fourth-order valence-corrected chi connectivity index (χ4v) is 2.64. The second kappa shape index (κ2) is 7.81. The number of halogens is 1. The smallest absolute Gasteiger partial charge is 0.337 e. The molecule has 0 aromatic heterocycles. The van der Waals surface area contributed by atoms with E-state index in [4.69, 9.17) is 11.6 Å². The molecule has 0 saturated heterocycles. The lowest BCUT2D eigenvalue weighted by atomic mass is 10.1. The van der Waals surface area contributed by atoms with E-state index in [0.717, 1.165) is 11.1 Å². The molecule has 0 aliphatic heterocycles. The number of amides is 2. The quantitative estimate of drug-likeness (QED) is 0.649. The molecule has 0 fully saturated rings. The van der Waals surface area contributed by atoms with Gasteiger partial charge in [0, 0.05) is 5.69 Å². The van der Waals surface area contributed by atoms with E-state index < -0.39 is 17.8 Å². The molecule has 2 rings (SSSR count). The van der Waals surface area contributed by atoms with Crippen LogP contribution in [0.3, 0.4) is 0 Å². The van der Waals surface area contributed by atoms with E-state index in [1.165, 1.54) is 19.2 Å². The summed E-state index contributed by atoms with van der Waals surface area (Å²) in [4.78, 5) is 35.7. The highest BCUT2D eigenvalue weighted by molar-refractivity contribution is 6.45. The summed E-state index contributed by atoms with van der Waals surface area (Å²) in [5, 5.41) is 5.28. The van der Waals surface area contributed by atoms with Crippen molar-refractivity contribution in [2.24, 2.45) is 0 Å². The molecule has 7 heteroatoms. The molecular formula is C18H17ClN2O4. The molecule has 2 amide bonds. The number of ether oxygens (including phenoxy) is 1. The van der Waals surface area contributed by atoms with Crippen LogP contribution in [0.15, 0.2) is 36.4 Å². The van der Waals surface area contributed by atoms with Crippen molar-refractivity contribution in [3.63, 3.8) is 0 Å². The highest BCUT2D eigenvalue weighted by Gasteiger charge is 2.17. The van der Waals surface area contributed by atoms with Gasteiger partial charge in [-0.05, 0) is 49.2 Å². The number of rotatable bonds is 3. The van der Waals surface area contributed by atoms with Gasteiger partial charge in [-0.25, -0.2) is 4.79 Å². The lowest BCUT2D eigenvalue weighted by molar-refractivity contribution is -0.133. The first-order valence-electron chi connectivity index (χ1n) is 7.39. The van der Waals surface area contributed by atoms with E-state index >= 15 is 0 Å². The van der Waals surface area contributed by atoms with Crippen LogP contribution in [0.2, 0.25) is 5.02 Å². The third kappa shape index (κ3) is 4.58. The SMILES string of the molecule is COC(=O)c1cccc(NC(=O)C(=O)Nc2c(C)cc(C)cc2Cl)c1. The fourth-order valence-electron chi connectivity index (χ4n) is 2.27. The predicted molar refractivity (Wildman–Crippen MR) is 96.0 cm³/mol. The number of hydrogen-bond donors (Lipinski definition) is 2. The molecule has 0 heterocycles. The van der Waals surface area contributed by atoms with Crippen LogP contribution in [-0.4, -0.2) is 24.9 Å². The first-order chi connectivity index (χ1) is 11.8. The summed E-state index contributed by atoms with van der Waals surface area (Å²) in [6.45, 7) is 3.66. The van der Waals surface area contributed by atoms with Gasteiger partial charge in [0.15, 0.2) is 0 Å². The van der Waals surface area contributed by atoms with E-state index in [0.29, 0.717) is 16.4 Å². The maximum atomic E-state index is 12.1. The molecule has 130 valence electrons. The first kappa shape index (κ1) is 18.5. The second-order valence-electron chi connectivity index (χ2n) is 5.42. The van der Waals surface area contributed by atoms with Gasteiger partial charge in [-0.3, -0.25) is 9.59 Å². The molecular weight excluding hydrogens is 344 g/mol. The van der Waals surface area contributed by atoms with E-state index in [1.54, 1.807) is 25.1 Å². The lowest BCUT2D eigenvalue weighted by Crippen LogP contribution is -2.29. The third-order valence-corrected chi connectivity index (χ3v) is 3.72. The molecule has 2 N–H and O–H groups in total. The van der Waals surface area contributed by atoms with Crippen molar-refractivity contribution >= 4 is 40.8 Å².